The third-order valence-corrected chi connectivity index (χ3v) is 3.66. The highest BCUT2D eigenvalue weighted by Crippen LogP contribution is 2.34. The number of nitrogens with one attached hydrogen (secondary N) is 1. The van der Waals surface area contributed by atoms with Gasteiger partial charge in [0, 0.05) is 6.54 Å². The molecule has 1 aromatic carbocycles. The lowest BCUT2D eigenvalue weighted by atomic mass is 9.80. The number of ether oxygens (including phenoxy) is 1. The highest BCUT2D eigenvalue weighted by Gasteiger charge is 2.41. The van der Waals surface area contributed by atoms with Crippen LogP contribution in [0.5, 0.6) is 5.75 Å². The summed E-state index contributed by atoms with van der Waals surface area (Å²) in [4.78, 5) is 11.5. The first-order valence-corrected chi connectivity index (χ1v) is 6.15. The summed E-state index contributed by atoms with van der Waals surface area (Å²) in [5.41, 5.74) is 1.40. The lowest BCUT2D eigenvalue weighted by Gasteiger charge is -2.24. The molecule has 4 heteroatoms. The number of aliphatic carboxylic acids is 1. The van der Waals surface area contributed by atoms with Crippen LogP contribution in [0, 0.1) is 12.3 Å². The number of carboxylic acid groups (broad SMARTS) is 1. The first kappa shape index (κ1) is 12.9. The molecule has 0 amide bonds. The van der Waals surface area contributed by atoms with E-state index < -0.39 is 11.4 Å². The summed E-state index contributed by atoms with van der Waals surface area (Å²) in [6.07, 6.45) is 1.18. The van der Waals surface area contributed by atoms with Crippen molar-refractivity contribution in [3.63, 3.8) is 0 Å². The van der Waals surface area contributed by atoms with Crippen LogP contribution in [0.3, 0.4) is 0 Å². The van der Waals surface area contributed by atoms with E-state index in [1.54, 1.807) is 7.11 Å². The molecular formula is C14H19NO3. The molecule has 0 aromatic heterocycles. The van der Waals surface area contributed by atoms with Crippen molar-refractivity contribution in [1.29, 1.82) is 0 Å². The molecule has 1 unspecified atom stereocenters. The van der Waals surface area contributed by atoms with Crippen LogP contribution in [0.25, 0.3) is 0 Å². The van der Waals surface area contributed by atoms with Gasteiger partial charge >= 0.3 is 5.97 Å². The molecule has 1 aliphatic rings. The normalized spacial score (nSPS) is 23.0. The molecular weight excluding hydrogens is 230 g/mol. The minimum atomic E-state index is -0.726. The van der Waals surface area contributed by atoms with Crippen LogP contribution in [0.4, 0.5) is 0 Å². The van der Waals surface area contributed by atoms with E-state index in [-0.39, 0.29) is 0 Å². The molecule has 1 heterocycles. The van der Waals surface area contributed by atoms with Crippen molar-refractivity contribution < 1.29 is 14.6 Å². The smallest absolute Gasteiger partial charge is 0.311 e. The third kappa shape index (κ3) is 2.34. The number of carboxylic acids is 1. The molecule has 0 bridgehead atoms. The molecule has 0 saturated carbocycles. The Hall–Kier alpha value is -1.55. The Morgan fingerprint density at radius 3 is 2.89 bits per heavy atom. The maximum atomic E-state index is 11.5. The minimum absolute atomic E-state index is 0.514. The molecule has 18 heavy (non-hydrogen) atoms. The number of carbonyl (C=O) groups is 1. The van der Waals surface area contributed by atoms with Crippen molar-refractivity contribution in [1.82, 2.24) is 5.32 Å². The van der Waals surface area contributed by atoms with Gasteiger partial charge in [-0.3, -0.25) is 4.79 Å². The molecule has 1 atom stereocenters. The van der Waals surface area contributed by atoms with Gasteiger partial charge in [0.15, 0.2) is 0 Å². The zero-order valence-electron chi connectivity index (χ0n) is 10.8. The van der Waals surface area contributed by atoms with Crippen LogP contribution in [0.1, 0.15) is 17.5 Å². The molecule has 2 rings (SSSR count). The van der Waals surface area contributed by atoms with Crippen molar-refractivity contribution in [2.75, 3.05) is 20.2 Å². The van der Waals surface area contributed by atoms with Crippen LogP contribution in [0.2, 0.25) is 0 Å². The molecule has 0 spiro atoms. The lowest BCUT2D eigenvalue weighted by Crippen LogP contribution is -2.35. The Kier molecular flexibility index (Phi) is 3.57. The Labute approximate surface area is 107 Å². The van der Waals surface area contributed by atoms with Gasteiger partial charge in [0.2, 0.25) is 0 Å². The van der Waals surface area contributed by atoms with Gasteiger partial charge in [-0.1, -0.05) is 17.7 Å². The Bertz CT molecular complexity index is 450. The van der Waals surface area contributed by atoms with Gasteiger partial charge in [-0.15, -0.1) is 0 Å². The average molecular weight is 249 g/mol. The second-order valence-electron chi connectivity index (χ2n) is 5.00. The van der Waals surface area contributed by atoms with Crippen molar-refractivity contribution in [2.45, 2.75) is 19.8 Å². The largest absolute Gasteiger partial charge is 0.496 e. The quantitative estimate of drug-likeness (QED) is 0.851. The van der Waals surface area contributed by atoms with Crippen LogP contribution in [-0.2, 0) is 11.2 Å². The van der Waals surface area contributed by atoms with E-state index in [1.807, 2.05) is 25.1 Å². The van der Waals surface area contributed by atoms with E-state index in [2.05, 4.69) is 5.32 Å². The van der Waals surface area contributed by atoms with Crippen molar-refractivity contribution in [2.24, 2.45) is 5.41 Å². The Balaban J connectivity index is 2.32. The van der Waals surface area contributed by atoms with Gasteiger partial charge in [0.25, 0.3) is 0 Å². The number of hydrogen-bond acceptors (Lipinski definition) is 3. The summed E-state index contributed by atoms with van der Waals surface area (Å²) in [5, 5.41) is 12.6. The van der Waals surface area contributed by atoms with Gasteiger partial charge in [-0.2, -0.15) is 0 Å². The molecule has 0 radical (unpaired) electrons. The third-order valence-electron chi connectivity index (χ3n) is 3.66. The SMILES string of the molecule is COc1ccc(C)cc1CC1(C(=O)O)CCNC1. The number of rotatable bonds is 4. The average Bonchev–Trinajstić information content (AvgIpc) is 2.79. The minimum Gasteiger partial charge on any atom is -0.496 e. The van der Waals surface area contributed by atoms with E-state index in [0.29, 0.717) is 19.4 Å². The van der Waals surface area contributed by atoms with Gasteiger partial charge in [-0.05, 0) is 37.9 Å². The Morgan fingerprint density at radius 1 is 1.56 bits per heavy atom. The van der Waals surface area contributed by atoms with E-state index in [9.17, 15) is 9.90 Å². The predicted octanol–water partition coefficient (Wildman–Crippen LogP) is 1.61. The number of methoxy groups -OCH3 is 1. The molecule has 98 valence electrons. The summed E-state index contributed by atoms with van der Waals surface area (Å²) < 4.78 is 5.32. The van der Waals surface area contributed by atoms with Gasteiger partial charge < -0.3 is 15.2 Å². The fourth-order valence-electron chi connectivity index (χ4n) is 2.56. The van der Waals surface area contributed by atoms with E-state index >= 15 is 0 Å². The Morgan fingerprint density at radius 2 is 2.33 bits per heavy atom. The maximum Gasteiger partial charge on any atom is 0.311 e. The molecule has 4 nitrogen and oxygen atoms in total. The van der Waals surface area contributed by atoms with E-state index in [4.69, 9.17) is 4.74 Å². The first-order valence-electron chi connectivity index (χ1n) is 6.15. The molecule has 1 aromatic rings. The monoisotopic (exact) mass is 249 g/mol. The predicted molar refractivity (Wildman–Crippen MR) is 69.0 cm³/mol. The number of benzene rings is 1. The molecule has 1 fully saturated rings. The summed E-state index contributed by atoms with van der Waals surface area (Å²) >= 11 is 0. The van der Waals surface area contributed by atoms with Crippen LogP contribution < -0.4 is 10.1 Å². The highest BCUT2D eigenvalue weighted by atomic mass is 16.5. The summed E-state index contributed by atoms with van der Waals surface area (Å²) in [6, 6.07) is 5.90. The molecule has 1 aliphatic heterocycles. The summed E-state index contributed by atoms with van der Waals surface area (Å²) in [5.74, 6) is 0.0455. The zero-order chi connectivity index (χ0) is 13.2. The zero-order valence-corrected chi connectivity index (χ0v) is 10.8. The second kappa shape index (κ2) is 4.98. The van der Waals surface area contributed by atoms with Crippen LogP contribution >= 0.6 is 0 Å². The van der Waals surface area contributed by atoms with Crippen molar-refractivity contribution in [3.8, 4) is 5.75 Å². The fourth-order valence-corrected chi connectivity index (χ4v) is 2.56. The van der Waals surface area contributed by atoms with Crippen molar-refractivity contribution in [3.05, 3.63) is 29.3 Å². The second-order valence-corrected chi connectivity index (χ2v) is 5.00. The van der Waals surface area contributed by atoms with E-state index in [1.165, 1.54) is 0 Å². The maximum absolute atomic E-state index is 11.5. The van der Waals surface area contributed by atoms with Crippen molar-refractivity contribution >= 4 is 5.97 Å². The first-order chi connectivity index (χ1) is 8.57. The van der Waals surface area contributed by atoms with Gasteiger partial charge in [0.05, 0.1) is 12.5 Å². The topological polar surface area (TPSA) is 58.6 Å². The molecule has 1 saturated heterocycles. The highest BCUT2D eigenvalue weighted by molar-refractivity contribution is 5.76. The summed E-state index contributed by atoms with van der Waals surface area (Å²) in [6.45, 7) is 3.29. The number of aryl methyl sites for hydroxylation is 1. The van der Waals surface area contributed by atoms with Crippen LogP contribution in [0.15, 0.2) is 18.2 Å². The van der Waals surface area contributed by atoms with E-state index in [0.717, 1.165) is 23.4 Å². The van der Waals surface area contributed by atoms with Gasteiger partial charge in [0.1, 0.15) is 5.75 Å². The summed E-state index contributed by atoms with van der Waals surface area (Å²) in [7, 11) is 1.62. The lowest BCUT2D eigenvalue weighted by molar-refractivity contribution is -0.147. The fraction of sp³-hybridized carbons (Fsp3) is 0.500. The number of hydrogen-bond donors (Lipinski definition) is 2. The molecule has 2 N–H and O–H groups in total. The standard InChI is InChI=1S/C14H19NO3/c1-10-3-4-12(18-2)11(7-10)8-14(13(16)17)5-6-15-9-14/h3-4,7,15H,5-6,8-9H2,1-2H3,(H,16,17). The molecule has 0 aliphatic carbocycles. The van der Waals surface area contributed by atoms with Crippen LogP contribution in [-0.4, -0.2) is 31.3 Å². The van der Waals surface area contributed by atoms with Gasteiger partial charge in [-0.25, -0.2) is 0 Å².